The molecule has 1 aliphatic rings. The van der Waals surface area contributed by atoms with Gasteiger partial charge in [0.15, 0.2) is 11.5 Å². The Morgan fingerprint density at radius 2 is 1.78 bits per heavy atom. The predicted octanol–water partition coefficient (Wildman–Crippen LogP) is 4.15. The number of hydrogen-bond donors (Lipinski definition) is 1. The molecule has 5 rings (SSSR count). The lowest BCUT2D eigenvalue weighted by atomic mass is 9.95. The van der Waals surface area contributed by atoms with Gasteiger partial charge in [0.25, 0.3) is 0 Å². The van der Waals surface area contributed by atoms with Gasteiger partial charge in [0.1, 0.15) is 11.6 Å². The summed E-state index contributed by atoms with van der Waals surface area (Å²) in [5.41, 5.74) is 2.92. The Bertz CT molecular complexity index is 1300. The van der Waals surface area contributed by atoms with Crippen molar-refractivity contribution in [2.75, 3.05) is 25.1 Å². The van der Waals surface area contributed by atoms with E-state index in [1.165, 1.54) is 5.56 Å². The van der Waals surface area contributed by atoms with Crippen LogP contribution in [0.1, 0.15) is 31.7 Å². The van der Waals surface area contributed by atoms with E-state index >= 15 is 0 Å². The Morgan fingerprint density at radius 1 is 1.03 bits per heavy atom. The number of piperidine rings is 1. The largest absolute Gasteiger partial charge is 0.497 e. The lowest BCUT2D eigenvalue weighted by Crippen LogP contribution is -2.43. The minimum atomic E-state index is 0.0360. The van der Waals surface area contributed by atoms with Gasteiger partial charge in [0.2, 0.25) is 5.91 Å². The van der Waals surface area contributed by atoms with Crippen LogP contribution in [-0.4, -0.2) is 52.0 Å². The Morgan fingerprint density at radius 3 is 2.50 bits per heavy atom. The monoisotopic (exact) mass is 484 g/mol. The molecule has 1 fully saturated rings. The third kappa shape index (κ3) is 5.32. The molecule has 0 unspecified atom stereocenters. The highest BCUT2D eigenvalue weighted by atomic mass is 16.5. The van der Waals surface area contributed by atoms with Crippen LogP contribution < -0.4 is 15.0 Å². The molecule has 8 nitrogen and oxygen atoms in total. The smallest absolute Gasteiger partial charge is 0.223 e. The van der Waals surface area contributed by atoms with Crippen LogP contribution in [0, 0.1) is 5.92 Å². The van der Waals surface area contributed by atoms with Gasteiger partial charge in [-0.3, -0.25) is 4.79 Å². The molecule has 2 aromatic heterocycles. The van der Waals surface area contributed by atoms with Gasteiger partial charge in [-0.15, -0.1) is 15.3 Å². The second kappa shape index (κ2) is 10.8. The number of nitrogens with zero attached hydrogens (tertiary/aromatic N) is 5. The normalized spacial score (nSPS) is 15.1. The number of hydrogen-bond acceptors (Lipinski definition) is 6. The molecule has 3 heterocycles. The fourth-order valence-corrected chi connectivity index (χ4v) is 4.70. The summed E-state index contributed by atoms with van der Waals surface area (Å²) in [7, 11) is 1.65. The zero-order valence-electron chi connectivity index (χ0n) is 20.8. The molecule has 186 valence electrons. The quantitative estimate of drug-likeness (QED) is 0.404. The highest BCUT2D eigenvalue weighted by Gasteiger charge is 2.27. The summed E-state index contributed by atoms with van der Waals surface area (Å²) in [6, 6.07) is 22.2. The summed E-state index contributed by atoms with van der Waals surface area (Å²) in [6.45, 7) is 3.67. The fraction of sp³-hybridized carbons (Fsp3) is 0.357. The van der Waals surface area contributed by atoms with E-state index in [9.17, 15) is 4.79 Å². The van der Waals surface area contributed by atoms with Crippen molar-refractivity contribution >= 4 is 17.4 Å². The maximum Gasteiger partial charge on any atom is 0.223 e. The summed E-state index contributed by atoms with van der Waals surface area (Å²) in [5, 5.41) is 16.7. The maximum atomic E-state index is 12.9. The Kier molecular flexibility index (Phi) is 7.11. The SMILES string of the molecule is COc1ccc(-c2nnc3ccc(N4CCC(C(=O)N[C@@H](C)CCc5ccccc5)CC4)nn23)cc1. The molecule has 1 aliphatic heterocycles. The van der Waals surface area contributed by atoms with Gasteiger partial charge in [0, 0.05) is 30.6 Å². The minimum Gasteiger partial charge on any atom is -0.497 e. The van der Waals surface area contributed by atoms with Crippen molar-refractivity contribution in [1.82, 2.24) is 25.1 Å². The summed E-state index contributed by atoms with van der Waals surface area (Å²) in [4.78, 5) is 15.1. The van der Waals surface area contributed by atoms with Gasteiger partial charge in [-0.25, -0.2) is 0 Å². The topological polar surface area (TPSA) is 84.7 Å². The highest BCUT2D eigenvalue weighted by Crippen LogP contribution is 2.25. The van der Waals surface area contributed by atoms with Crippen molar-refractivity contribution in [3.63, 3.8) is 0 Å². The van der Waals surface area contributed by atoms with E-state index < -0.39 is 0 Å². The van der Waals surface area contributed by atoms with Crippen LogP contribution in [0.4, 0.5) is 5.82 Å². The van der Waals surface area contributed by atoms with Crippen LogP contribution in [-0.2, 0) is 11.2 Å². The lowest BCUT2D eigenvalue weighted by molar-refractivity contribution is -0.126. The molecule has 4 aromatic rings. The van der Waals surface area contributed by atoms with Crippen LogP contribution in [0.15, 0.2) is 66.7 Å². The third-order valence-electron chi connectivity index (χ3n) is 6.88. The molecule has 1 saturated heterocycles. The molecule has 0 radical (unpaired) electrons. The average molecular weight is 485 g/mol. The van der Waals surface area contributed by atoms with E-state index in [1.807, 2.05) is 42.5 Å². The first-order valence-electron chi connectivity index (χ1n) is 12.6. The zero-order chi connectivity index (χ0) is 24.9. The maximum absolute atomic E-state index is 12.9. The third-order valence-corrected chi connectivity index (χ3v) is 6.88. The first-order valence-corrected chi connectivity index (χ1v) is 12.6. The number of carbonyl (C=O) groups excluding carboxylic acids is 1. The molecule has 0 spiro atoms. The van der Waals surface area contributed by atoms with Gasteiger partial charge >= 0.3 is 0 Å². The molecule has 0 bridgehead atoms. The van der Waals surface area contributed by atoms with Crippen molar-refractivity contribution < 1.29 is 9.53 Å². The standard InChI is InChI=1S/C28H32N6O2/c1-20(8-9-21-6-4-3-5-7-21)29-28(35)23-16-18-33(19-17-23)26-15-14-25-30-31-27(34(25)32-26)22-10-12-24(36-2)13-11-22/h3-7,10-15,20,23H,8-9,16-19H2,1-2H3,(H,29,35)/t20-/m0/s1. The zero-order valence-corrected chi connectivity index (χ0v) is 20.8. The van der Waals surface area contributed by atoms with Gasteiger partial charge in [-0.1, -0.05) is 30.3 Å². The van der Waals surface area contributed by atoms with Crippen LogP contribution >= 0.6 is 0 Å². The van der Waals surface area contributed by atoms with E-state index in [-0.39, 0.29) is 17.9 Å². The van der Waals surface area contributed by atoms with Crippen molar-refractivity contribution in [3.05, 3.63) is 72.3 Å². The first-order chi connectivity index (χ1) is 17.6. The molecular weight excluding hydrogens is 452 g/mol. The molecule has 36 heavy (non-hydrogen) atoms. The van der Waals surface area contributed by atoms with E-state index in [1.54, 1.807) is 11.6 Å². The summed E-state index contributed by atoms with van der Waals surface area (Å²) in [6.07, 6.45) is 3.53. The number of amides is 1. The molecule has 2 aromatic carbocycles. The van der Waals surface area contributed by atoms with Gasteiger partial charge in [0.05, 0.1) is 7.11 Å². The van der Waals surface area contributed by atoms with Gasteiger partial charge in [-0.05, 0) is 74.6 Å². The van der Waals surface area contributed by atoms with Crippen LogP contribution in [0.3, 0.4) is 0 Å². The number of nitrogens with one attached hydrogen (secondary N) is 1. The summed E-state index contributed by atoms with van der Waals surface area (Å²) >= 11 is 0. The van der Waals surface area contributed by atoms with Crippen molar-refractivity contribution in [2.24, 2.45) is 5.92 Å². The van der Waals surface area contributed by atoms with Gasteiger partial charge in [-0.2, -0.15) is 4.52 Å². The second-order valence-electron chi connectivity index (χ2n) is 9.41. The molecule has 1 amide bonds. The van der Waals surface area contributed by atoms with E-state index in [0.29, 0.717) is 11.5 Å². The number of ether oxygens (including phenoxy) is 1. The molecule has 1 atom stereocenters. The average Bonchev–Trinajstić information content (AvgIpc) is 3.36. The lowest BCUT2D eigenvalue weighted by Gasteiger charge is -2.32. The summed E-state index contributed by atoms with van der Waals surface area (Å²) in [5.74, 6) is 2.55. The van der Waals surface area contributed by atoms with E-state index in [0.717, 1.165) is 55.9 Å². The van der Waals surface area contributed by atoms with Crippen molar-refractivity contribution in [1.29, 1.82) is 0 Å². The van der Waals surface area contributed by atoms with E-state index in [4.69, 9.17) is 9.84 Å². The molecule has 0 aliphatic carbocycles. The number of anilines is 1. The number of methoxy groups -OCH3 is 1. The minimum absolute atomic E-state index is 0.0360. The number of carbonyl (C=O) groups is 1. The number of aryl methyl sites for hydroxylation is 1. The molecule has 0 saturated carbocycles. The summed E-state index contributed by atoms with van der Waals surface area (Å²) < 4.78 is 7.04. The predicted molar refractivity (Wildman–Crippen MR) is 140 cm³/mol. The first kappa shape index (κ1) is 23.8. The van der Waals surface area contributed by atoms with Crippen LogP contribution in [0.25, 0.3) is 17.0 Å². The van der Waals surface area contributed by atoms with Crippen LogP contribution in [0.5, 0.6) is 5.75 Å². The van der Waals surface area contributed by atoms with Crippen molar-refractivity contribution in [3.8, 4) is 17.1 Å². The second-order valence-corrected chi connectivity index (χ2v) is 9.41. The van der Waals surface area contributed by atoms with Gasteiger partial charge < -0.3 is 15.0 Å². The van der Waals surface area contributed by atoms with E-state index in [2.05, 4.69) is 51.6 Å². The Hall–Kier alpha value is -3.94. The molecule has 1 N–H and O–H groups in total. The Balaban J connectivity index is 1.18. The number of aromatic nitrogens is 4. The molecule has 8 heteroatoms. The highest BCUT2D eigenvalue weighted by molar-refractivity contribution is 5.79. The number of rotatable bonds is 8. The number of benzene rings is 2. The van der Waals surface area contributed by atoms with Crippen molar-refractivity contribution in [2.45, 2.75) is 38.6 Å². The molecular formula is C28H32N6O2. The van der Waals surface area contributed by atoms with Crippen LogP contribution in [0.2, 0.25) is 0 Å². The number of fused-ring (bicyclic) bond motifs is 1. The fourth-order valence-electron chi connectivity index (χ4n) is 4.70. The Labute approximate surface area is 211 Å².